The number of H-pyrrole nitrogens is 1. The van der Waals surface area contributed by atoms with Crippen molar-refractivity contribution in [2.45, 2.75) is 20.4 Å². The van der Waals surface area contributed by atoms with E-state index < -0.39 is 0 Å². The van der Waals surface area contributed by atoms with Crippen molar-refractivity contribution in [1.29, 1.82) is 0 Å². The average Bonchev–Trinajstić information content (AvgIpc) is 2.91. The van der Waals surface area contributed by atoms with E-state index >= 15 is 0 Å². The molecule has 1 amide bonds. The van der Waals surface area contributed by atoms with Crippen LogP contribution in [0, 0.1) is 5.92 Å². The summed E-state index contributed by atoms with van der Waals surface area (Å²) >= 11 is 0. The summed E-state index contributed by atoms with van der Waals surface area (Å²) < 4.78 is 0. The monoisotopic (exact) mass is 258 g/mol. The van der Waals surface area contributed by atoms with Crippen molar-refractivity contribution in [3.63, 3.8) is 0 Å². The van der Waals surface area contributed by atoms with E-state index in [4.69, 9.17) is 0 Å². The summed E-state index contributed by atoms with van der Waals surface area (Å²) in [5.41, 5.74) is 2.83. The van der Waals surface area contributed by atoms with Crippen LogP contribution in [0.3, 0.4) is 0 Å². The molecule has 1 aromatic heterocycles. The van der Waals surface area contributed by atoms with Crippen LogP contribution < -0.4 is 10.6 Å². The van der Waals surface area contributed by atoms with Crippen LogP contribution in [-0.4, -0.2) is 16.1 Å². The van der Waals surface area contributed by atoms with Gasteiger partial charge in [0.2, 0.25) is 5.91 Å². The Morgan fingerprint density at radius 1 is 1.21 bits per heavy atom. The number of rotatable bonds is 5. The third-order valence-corrected chi connectivity index (χ3v) is 2.72. The lowest BCUT2D eigenvalue weighted by Gasteiger charge is -2.09. The lowest BCUT2D eigenvalue weighted by atomic mass is 10.2. The molecule has 19 heavy (non-hydrogen) atoms. The van der Waals surface area contributed by atoms with Gasteiger partial charge in [0, 0.05) is 23.5 Å². The van der Waals surface area contributed by atoms with Gasteiger partial charge in [-0.3, -0.25) is 9.89 Å². The maximum absolute atomic E-state index is 11.5. The van der Waals surface area contributed by atoms with E-state index in [1.165, 1.54) is 0 Å². The molecule has 0 saturated carbocycles. The van der Waals surface area contributed by atoms with Gasteiger partial charge in [-0.1, -0.05) is 13.8 Å². The van der Waals surface area contributed by atoms with Gasteiger partial charge in [0.25, 0.3) is 0 Å². The van der Waals surface area contributed by atoms with Gasteiger partial charge in [-0.25, -0.2) is 0 Å². The molecule has 1 heterocycles. The van der Waals surface area contributed by atoms with Crippen LogP contribution in [0.1, 0.15) is 19.5 Å². The van der Waals surface area contributed by atoms with Crippen molar-refractivity contribution in [2.75, 3.05) is 10.6 Å². The first kappa shape index (κ1) is 13.1. The van der Waals surface area contributed by atoms with Gasteiger partial charge in [0.05, 0.1) is 12.2 Å². The Hall–Kier alpha value is -2.30. The smallest absolute Gasteiger partial charge is 0.226 e. The van der Waals surface area contributed by atoms with Crippen molar-refractivity contribution in [3.8, 4) is 0 Å². The summed E-state index contributed by atoms with van der Waals surface area (Å²) in [5.74, 6) is 0.0105. The van der Waals surface area contributed by atoms with E-state index in [0.717, 1.165) is 17.1 Å². The molecule has 0 bridgehead atoms. The molecule has 0 radical (unpaired) electrons. The van der Waals surface area contributed by atoms with E-state index in [1.54, 1.807) is 6.20 Å². The Balaban J connectivity index is 1.89. The van der Waals surface area contributed by atoms with Gasteiger partial charge in [0.15, 0.2) is 0 Å². The number of aromatic nitrogens is 2. The fraction of sp³-hybridized carbons (Fsp3) is 0.286. The van der Waals surface area contributed by atoms with Crippen LogP contribution in [0.25, 0.3) is 0 Å². The second-order valence-corrected chi connectivity index (χ2v) is 4.66. The zero-order chi connectivity index (χ0) is 13.7. The molecule has 0 saturated heterocycles. The molecular weight excluding hydrogens is 240 g/mol. The van der Waals surface area contributed by atoms with Gasteiger partial charge in [-0.2, -0.15) is 5.10 Å². The first-order valence-corrected chi connectivity index (χ1v) is 6.28. The molecule has 0 aliphatic rings. The SMILES string of the molecule is CC(C)C(=O)Nc1ccc(NCc2ccn[nH]2)cc1. The number of hydrogen-bond donors (Lipinski definition) is 3. The molecule has 0 unspecified atom stereocenters. The van der Waals surface area contributed by atoms with E-state index in [2.05, 4.69) is 20.8 Å². The largest absolute Gasteiger partial charge is 0.379 e. The van der Waals surface area contributed by atoms with E-state index in [-0.39, 0.29) is 11.8 Å². The normalized spacial score (nSPS) is 10.5. The molecule has 0 aliphatic carbocycles. The Bertz CT molecular complexity index is 517. The second kappa shape index (κ2) is 6.04. The minimum absolute atomic E-state index is 0.0156. The number of nitrogens with zero attached hydrogens (tertiary/aromatic N) is 1. The van der Waals surface area contributed by atoms with E-state index in [9.17, 15) is 4.79 Å². The molecule has 2 aromatic rings. The maximum Gasteiger partial charge on any atom is 0.226 e. The molecular formula is C14H18N4O. The highest BCUT2D eigenvalue weighted by atomic mass is 16.1. The van der Waals surface area contributed by atoms with Crippen LogP contribution in [0.5, 0.6) is 0 Å². The summed E-state index contributed by atoms with van der Waals surface area (Å²) in [7, 11) is 0. The minimum Gasteiger partial charge on any atom is -0.379 e. The zero-order valence-corrected chi connectivity index (χ0v) is 11.1. The topological polar surface area (TPSA) is 69.8 Å². The number of aromatic amines is 1. The predicted octanol–water partition coefficient (Wildman–Crippen LogP) is 2.62. The molecule has 0 spiro atoms. The number of nitrogens with one attached hydrogen (secondary N) is 3. The molecule has 5 nitrogen and oxygen atoms in total. The molecule has 3 N–H and O–H groups in total. The summed E-state index contributed by atoms with van der Waals surface area (Å²) in [6.45, 7) is 4.43. The van der Waals surface area contributed by atoms with E-state index in [0.29, 0.717) is 6.54 Å². The lowest BCUT2D eigenvalue weighted by molar-refractivity contribution is -0.118. The number of amides is 1. The number of carbonyl (C=O) groups excluding carboxylic acids is 1. The summed E-state index contributed by atoms with van der Waals surface area (Å²) in [6.07, 6.45) is 1.72. The first-order chi connectivity index (χ1) is 9.15. The van der Waals surface area contributed by atoms with Crippen LogP contribution in [0.4, 0.5) is 11.4 Å². The van der Waals surface area contributed by atoms with E-state index in [1.807, 2.05) is 44.2 Å². The van der Waals surface area contributed by atoms with Crippen LogP contribution in [0.15, 0.2) is 36.5 Å². The summed E-state index contributed by atoms with van der Waals surface area (Å²) in [5, 5.41) is 12.9. The Labute approximate surface area is 112 Å². The maximum atomic E-state index is 11.5. The second-order valence-electron chi connectivity index (χ2n) is 4.66. The highest BCUT2D eigenvalue weighted by Crippen LogP contribution is 2.15. The first-order valence-electron chi connectivity index (χ1n) is 6.28. The highest BCUT2D eigenvalue weighted by Gasteiger charge is 2.06. The van der Waals surface area contributed by atoms with Gasteiger partial charge in [0.1, 0.15) is 0 Å². The van der Waals surface area contributed by atoms with Gasteiger partial charge in [-0.05, 0) is 30.3 Å². The van der Waals surface area contributed by atoms with Crippen molar-refractivity contribution >= 4 is 17.3 Å². The van der Waals surface area contributed by atoms with Crippen molar-refractivity contribution < 1.29 is 4.79 Å². The lowest BCUT2D eigenvalue weighted by Crippen LogP contribution is -2.17. The fourth-order valence-electron chi connectivity index (χ4n) is 1.54. The average molecular weight is 258 g/mol. The molecule has 1 aromatic carbocycles. The van der Waals surface area contributed by atoms with Gasteiger partial charge >= 0.3 is 0 Å². The standard InChI is InChI=1S/C14H18N4O/c1-10(2)14(19)17-12-5-3-11(4-6-12)15-9-13-7-8-16-18-13/h3-8,10,15H,9H2,1-2H3,(H,16,18)(H,17,19). The Morgan fingerprint density at radius 3 is 2.47 bits per heavy atom. The number of benzene rings is 1. The third-order valence-electron chi connectivity index (χ3n) is 2.72. The number of hydrogen-bond acceptors (Lipinski definition) is 3. The van der Waals surface area contributed by atoms with Gasteiger partial charge < -0.3 is 10.6 Å². The van der Waals surface area contributed by atoms with Crippen molar-refractivity contribution in [2.24, 2.45) is 5.92 Å². The zero-order valence-electron chi connectivity index (χ0n) is 11.1. The minimum atomic E-state index is -0.0156. The van der Waals surface area contributed by atoms with Crippen LogP contribution in [0.2, 0.25) is 0 Å². The molecule has 100 valence electrons. The van der Waals surface area contributed by atoms with Crippen molar-refractivity contribution in [3.05, 3.63) is 42.2 Å². The van der Waals surface area contributed by atoms with Crippen molar-refractivity contribution in [1.82, 2.24) is 10.2 Å². The van der Waals surface area contributed by atoms with Gasteiger partial charge in [-0.15, -0.1) is 0 Å². The number of carbonyl (C=O) groups is 1. The molecule has 0 fully saturated rings. The van der Waals surface area contributed by atoms with Crippen LogP contribution in [-0.2, 0) is 11.3 Å². The summed E-state index contributed by atoms with van der Waals surface area (Å²) in [4.78, 5) is 11.5. The quantitative estimate of drug-likeness (QED) is 0.772. The highest BCUT2D eigenvalue weighted by molar-refractivity contribution is 5.92. The molecule has 5 heteroatoms. The molecule has 0 atom stereocenters. The Kier molecular flexibility index (Phi) is 4.18. The predicted molar refractivity (Wildman–Crippen MR) is 75.8 cm³/mol. The number of anilines is 2. The summed E-state index contributed by atoms with van der Waals surface area (Å²) in [6, 6.07) is 9.56. The third kappa shape index (κ3) is 3.84. The van der Waals surface area contributed by atoms with Crippen LogP contribution >= 0.6 is 0 Å². The fourth-order valence-corrected chi connectivity index (χ4v) is 1.54. The molecule has 0 aliphatic heterocycles. The molecule has 2 rings (SSSR count). The Morgan fingerprint density at radius 2 is 1.89 bits per heavy atom.